The first kappa shape index (κ1) is 76.6. The fourth-order valence-corrected chi connectivity index (χ4v) is 8.98. The van der Waals surface area contributed by atoms with E-state index in [4.69, 9.17) is 29.5 Å². The molecule has 5 amide bonds. The number of carbonyl (C=O) groups excluding carboxylic acids is 5. The zero-order valence-corrected chi connectivity index (χ0v) is 50.4. The van der Waals surface area contributed by atoms with Gasteiger partial charge in [0.15, 0.2) is 0 Å². The summed E-state index contributed by atoms with van der Waals surface area (Å²) in [6.45, 7) is 9.01. The topological polar surface area (TPSA) is 297 Å². The Hall–Kier alpha value is -4.40. The first-order valence-corrected chi connectivity index (χ1v) is 31.6. The third-order valence-electron chi connectivity index (χ3n) is 13.9. The molecule has 0 spiro atoms. The Morgan fingerprint density at radius 2 is 0.494 bits per heavy atom. The van der Waals surface area contributed by atoms with Crippen molar-refractivity contribution in [2.45, 2.75) is 251 Å². The summed E-state index contributed by atoms with van der Waals surface area (Å²) in [6, 6.07) is 0. The minimum absolute atomic E-state index is 0.0682. The number of aliphatic carboxylic acids is 3. The van der Waals surface area contributed by atoms with E-state index >= 15 is 0 Å². The van der Waals surface area contributed by atoms with Crippen molar-refractivity contribution >= 4 is 47.4 Å². The highest BCUT2D eigenvalue weighted by atomic mass is 16.5. The van der Waals surface area contributed by atoms with Crippen LogP contribution in [-0.2, 0) is 52.6 Å². The largest absolute Gasteiger partial charge is 0.481 e. The Balaban J connectivity index is 4.42. The normalized spacial score (nSPS) is 11.3. The molecule has 9 N–H and O–H groups in total. The summed E-state index contributed by atoms with van der Waals surface area (Å²) >= 11 is 0. The van der Waals surface area contributed by atoms with E-state index in [1.165, 1.54) is 0 Å². The summed E-state index contributed by atoms with van der Waals surface area (Å²) in [5.41, 5.74) is -0.500. The van der Waals surface area contributed by atoms with Gasteiger partial charge in [0.05, 0.1) is 33.0 Å². The zero-order valence-electron chi connectivity index (χ0n) is 50.4. The third-order valence-corrected chi connectivity index (χ3v) is 13.9. The molecule has 0 bridgehead atoms. The predicted molar refractivity (Wildman–Crippen MR) is 317 cm³/mol. The number of nitrogens with one attached hydrogen (secondary N) is 6. The second-order valence-corrected chi connectivity index (χ2v) is 22.3. The van der Waals surface area contributed by atoms with Crippen LogP contribution in [0.4, 0.5) is 0 Å². The number of amides is 5. The van der Waals surface area contributed by atoms with Gasteiger partial charge in [-0.2, -0.15) is 0 Å². The molecule has 0 unspecified atom stereocenters. The fraction of sp³-hybridized carbons (Fsp3) is 0.869. The first-order chi connectivity index (χ1) is 39.2. The number of carboxylic acid groups (broad SMARTS) is 3. The average molecular weight is 1160 g/mol. The van der Waals surface area contributed by atoms with Crippen molar-refractivity contribution in [2.24, 2.45) is 5.41 Å². The number of unbranched alkanes of at least 4 members (excludes halogenated alkanes) is 23. The monoisotopic (exact) mass is 1150 g/mol. The van der Waals surface area contributed by atoms with Crippen LogP contribution in [0, 0.1) is 5.41 Å². The van der Waals surface area contributed by atoms with Gasteiger partial charge in [0.25, 0.3) is 0 Å². The number of carboxylic acids is 3. The molecule has 81 heavy (non-hydrogen) atoms. The van der Waals surface area contributed by atoms with E-state index in [0.29, 0.717) is 97.7 Å². The van der Waals surface area contributed by atoms with Gasteiger partial charge < -0.3 is 61.4 Å². The van der Waals surface area contributed by atoms with Crippen LogP contribution in [0.1, 0.15) is 251 Å². The summed E-state index contributed by atoms with van der Waals surface area (Å²) in [6.07, 6.45) is 30.2. The number of carbonyl (C=O) groups is 8. The molecule has 20 nitrogen and oxygen atoms in total. The average Bonchev–Trinajstić information content (AvgIpc) is 3.42. The minimum Gasteiger partial charge on any atom is -0.481 e. The Morgan fingerprint density at radius 3 is 0.790 bits per heavy atom. The van der Waals surface area contributed by atoms with Crippen molar-refractivity contribution < 1.29 is 67.9 Å². The molecule has 0 fully saturated rings. The molecular weight excluding hydrogens is 1040 g/mol. The van der Waals surface area contributed by atoms with Crippen molar-refractivity contribution in [2.75, 3.05) is 85.5 Å². The lowest BCUT2D eigenvalue weighted by Gasteiger charge is -2.29. The van der Waals surface area contributed by atoms with Gasteiger partial charge >= 0.3 is 17.9 Å². The highest BCUT2D eigenvalue weighted by Crippen LogP contribution is 2.19. The number of hydrogen-bond donors (Lipinski definition) is 9. The van der Waals surface area contributed by atoms with Gasteiger partial charge in [0.2, 0.25) is 29.5 Å². The Labute approximate surface area is 487 Å². The van der Waals surface area contributed by atoms with Crippen LogP contribution in [0.15, 0.2) is 0 Å². The molecule has 0 atom stereocenters. The van der Waals surface area contributed by atoms with E-state index in [9.17, 15) is 38.4 Å². The smallest absolute Gasteiger partial charge is 0.303 e. The lowest BCUT2D eigenvalue weighted by Crippen LogP contribution is -2.36. The maximum absolute atomic E-state index is 12.6. The SMILES string of the molecule is CC(COCCCNCCCCCCC(=O)NCCCCCCCC(=O)O)(COCCC(=O)NCCCCCCCC(=O)NCCCCCCCC(=O)O)COCCC(=O)NCCCCCCCC(=O)NCCCCCCCC(=O)O. The molecule has 0 aliphatic carbocycles. The Bertz CT molecular complexity index is 1530. The van der Waals surface area contributed by atoms with E-state index < -0.39 is 23.3 Å². The van der Waals surface area contributed by atoms with Crippen LogP contribution in [-0.4, -0.2) is 148 Å². The lowest BCUT2D eigenvalue weighted by molar-refractivity contribution is -0.138. The van der Waals surface area contributed by atoms with Crippen LogP contribution in [0.3, 0.4) is 0 Å². The third kappa shape index (κ3) is 60.0. The summed E-state index contributed by atoms with van der Waals surface area (Å²) < 4.78 is 18.2. The Morgan fingerprint density at radius 1 is 0.272 bits per heavy atom. The molecule has 0 aromatic rings. The lowest BCUT2D eigenvalue weighted by atomic mass is 9.94. The fourth-order valence-electron chi connectivity index (χ4n) is 8.98. The van der Waals surface area contributed by atoms with E-state index in [2.05, 4.69) is 31.9 Å². The van der Waals surface area contributed by atoms with Gasteiger partial charge in [-0.15, -0.1) is 0 Å². The molecule has 0 aliphatic heterocycles. The number of ether oxygens (including phenoxy) is 3. The van der Waals surface area contributed by atoms with Gasteiger partial charge in [-0.3, -0.25) is 38.4 Å². The molecule has 0 saturated heterocycles. The molecule has 472 valence electrons. The van der Waals surface area contributed by atoms with E-state index in [1.807, 2.05) is 6.92 Å². The van der Waals surface area contributed by atoms with Crippen molar-refractivity contribution in [3.8, 4) is 0 Å². The highest BCUT2D eigenvalue weighted by molar-refractivity contribution is 5.77. The van der Waals surface area contributed by atoms with Gasteiger partial charge in [-0.1, -0.05) is 116 Å². The van der Waals surface area contributed by atoms with Crippen LogP contribution in [0.25, 0.3) is 0 Å². The Kier molecular flexibility index (Phi) is 54.3. The van der Waals surface area contributed by atoms with Crippen molar-refractivity contribution in [3.05, 3.63) is 0 Å². The van der Waals surface area contributed by atoms with Crippen molar-refractivity contribution in [3.63, 3.8) is 0 Å². The van der Waals surface area contributed by atoms with Gasteiger partial charge in [0, 0.05) is 96.1 Å². The molecule has 0 heterocycles. The summed E-state index contributed by atoms with van der Waals surface area (Å²) in [5.74, 6) is -2.15. The summed E-state index contributed by atoms with van der Waals surface area (Å²) in [5, 5.41) is 44.5. The molecule has 20 heteroatoms. The van der Waals surface area contributed by atoms with Crippen LogP contribution < -0.4 is 31.9 Å². The molecule has 0 aromatic carbocycles. The second-order valence-electron chi connectivity index (χ2n) is 22.3. The number of rotatable bonds is 63. The second kappa shape index (κ2) is 57.4. The predicted octanol–water partition coefficient (Wildman–Crippen LogP) is 9.29. The summed E-state index contributed by atoms with van der Waals surface area (Å²) in [4.78, 5) is 93.3. The van der Waals surface area contributed by atoms with Crippen molar-refractivity contribution in [1.82, 2.24) is 31.9 Å². The molecule has 0 saturated carbocycles. The van der Waals surface area contributed by atoms with Crippen molar-refractivity contribution in [1.29, 1.82) is 0 Å². The standard InChI is InChI=1S/C61H114N6O14/c1-61(50-79-47-31-41-62-40-25-18-12-21-34-55(70)65-44-28-17-6-11-24-37-60(77)78,51-80-48-38-56(71)66-45-29-13-2-7-19-32-53(68)63-42-26-15-4-9-22-35-58(73)74)52-81-49-39-57(72)67-46-30-14-3-8-20-33-54(69)64-43-27-16-5-10-23-36-59(75)76/h62H,2-52H2,1H3,(H,63,68)(H,64,69)(H,65,70)(H,66,71)(H,67,72)(H,73,74)(H,75,76)(H,77,78). The van der Waals surface area contributed by atoms with Crippen LogP contribution in [0.2, 0.25) is 0 Å². The maximum Gasteiger partial charge on any atom is 0.303 e. The molecule has 0 aliphatic rings. The molecule has 0 rings (SSSR count). The summed E-state index contributed by atoms with van der Waals surface area (Å²) in [7, 11) is 0. The van der Waals surface area contributed by atoms with E-state index in [-0.39, 0.29) is 74.9 Å². The number of hydrogen-bond acceptors (Lipinski definition) is 12. The first-order valence-electron chi connectivity index (χ1n) is 31.6. The molecular formula is C61H114N6O14. The van der Waals surface area contributed by atoms with E-state index in [0.717, 1.165) is 186 Å². The van der Waals surface area contributed by atoms with Crippen LogP contribution >= 0.6 is 0 Å². The van der Waals surface area contributed by atoms with Crippen LogP contribution in [0.5, 0.6) is 0 Å². The van der Waals surface area contributed by atoms with Gasteiger partial charge in [-0.25, -0.2) is 0 Å². The van der Waals surface area contributed by atoms with Gasteiger partial charge in [0.1, 0.15) is 0 Å². The van der Waals surface area contributed by atoms with E-state index in [1.54, 1.807) is 0 Å². The highest BCUT2D eigenvalue weighted by Gasteiger charge is 2.26. The quantitative estimate of drug-likeness (QED) is 0.0256. The molecule has 0 radical (unpaired) electrons. The molecule has 0 aromatic heterocycles. The maximum atomic E-state index is 12.6. The minimum atomic E-state index is -0.754. The van der Waals surface area contributed by atoms with Gasteiger partial charge in [-0.05, 0) is 96.6 Å². The zero-order chi connectivity index (χ0) is 59.5.